The Morgan fingerprint density at radius 3 is 2.53 bits per heavy atom. The second-order valence-corrected chi connectivity index (χ2v) is 7.46. The van der Waals surface area contributed by atoms with Crippen LogP contribution in [0.25, 0.3) is 0 Å². The van der Waals surface area contributed by atoms with Crippen molar-refractivity contribution < 1.29 is 0 Å². The van der Waals surface area contributed by atoms with Gasteiger partial charge in [0.15, 0.2) is 0 Å². The Bertz CT molecular complexity index is 523. The average molecular weight is 416 g/mol. The molecule has 0 aliphatic heterocycles. The monoisotopic (exact) mass is 413 g/mol. The van der Waals surface area contributed by atoms with Gasteiger partial charge in [-0.25, -0.2) is 0 Å². The molecule has 0 spiro atoms. The van der Waals surface area contributed by atoms with Crippen molar-refractivity contribution in [2.24, 2.45) is 0 Å². The fourth-order valence-corrected chi connectivity index (χ4v) is 3.89. The summed E-state index contributed by atoms with van der Waals surface area (Å²) in [6.07, 6.45) is 0. The Morgan fingerprint density at radius 2 is 1.94 bits per heavy atom. The zero-order valence-corrected chi connectivity index (χ0v) is 13.9. The van der Waals surface area contributed by atoms with Gasteiger partial charge in [0.2, 0.25) is 0 Å². The molecule has 1 aromatic carbocycles. The number of halogens is 4. The van der Waals surface area contributed by atoms with Crippen LogP contribution in [0.15, 0.2) is 32.5 Å². The van der Waals surface area contributed by atoms with E-state index in [1.165, 1.54) is 4.88 Å². The van der Waals surface area contributed by atoms with E-state index in [4.69, 9.17) is 23.2 Å². The van der Waals surface area contributed by atoms with E-state index in [2.05, 4.69) is 43.2 Å². The summed E-state index contributed by atoms with van der Waals surface area (Å²) in [6.45, 7) is 0.732. The van der Waals surface area contributed by atoms with E-state index in [-0.39, 0.29) is 0 Å². The van der Waals surface area contributed by atoms with Crippen molar-refractivity contribution in [3.8, 4) is 0 Å². The molecule has 1 N–H and O–H groups in total. The normalized spacial score (nSPS) is 10.6. The van der Waals surface area contributed by atoms with Crippen molar-refractivity contribution in [3.63, 3.8) is 0 Å². The second kappa shape index (κ2) is 5.93. The number of thiophene rings is 1. The molecule has 2 rings (SSSR count). The van der Waals surface area contributed by atoms with Crippen LogP contribution in [0.5, 0.6) is 0 Å². The number of rotatable bonds is 3. The Hall–Kier alpha value is 0.260. The average Bonchev–Trinajstić information content (AvgIpc) is 2.57. The Balaban J connectivity index is 2.07. The largest absolute Gasteiger partial charge is 0.379 e. The summed E-state index contributed by atoms with van der Waals surface area (Å²) < 4.78 is 2.16. The van der Waals surface area contributed by atoms with Gasteiger partial charge in [0.05, 0.1) is 14.5 Å². The minimum absolute atomic E-state index is 0.632. The predicted molar refractivity (Wildman–Crippen MR) is 83.5 cm³/mol. The van der Waals surface area contributed by atoms with Crippen LogP contribution in [0, 0.1) is 0 Å². The van der Waals surface area contributed by atoms with Crippen molar-refractivity contribution >= 4 is 72.1 Å². The Morgan fingerprint density at radius 1 is 1.18 bits per heavy atom. The first-order valence-electron chi connectivity index (χ1n) is 4.69. The second-order valence-electron chi connectivity index (χ2n) is 3.31. The SMILES string of the molecule is Clc1ccc(NCc2cc(Br)c(Br)s2)c(Cl)c1. The van der Waals surface area contributed by atoms with Gasteiger partial charge in [0, 0.05) is 20.9 Å². The van der Waals surface area contributed by atoms with Crippen LogP contribution in [0.2, 0.25) is 10.0 Å². The smallest absolute Gasteiger partial charge is 0.0843 e. The van der Waals surface area contributed by atoms with E-state index in [0.29, 0.717) is 10.0 Å². The van der Waals surface area contributed by atoms with E-state index in [9.17, 15) is 0 Å². The molecule has 90 valence electrons. The van der Waals surface area contributed by atoms with Gasteiger partial charge in [0.25, 0.3) is 0 Å². The Labute approximate surface area is 130 Å². The summed E-state index contributed by atoms with van der Waals surface area (Å²) in [5.41, 5.74) is 0.886. The lowest BCUT2D eigenvalue weighted by molar-refractivity contribution is 1.19. The molecule has 0 atom stereocenters. The molecule has 2 aromatic rings. The first-order chi connectivity index (χ1) is 8.06. The quantitative estimate of drug-likeness (QED) is 0.630. The lowest BCUT2D eigenvalue weighted by atomic mass is 10.3. The maximum atomic E-state index is 6.07. The first-order valence-corrected chi connectivity index (χ1v) is 7.85. The van der Waals surface area contributed by atoms with Gasteiger partial charge in [0.1, 0.15) is 0 Å². The van der Waals surface area contributed by atoms with Gasteiger partial charge in [-0.15, -0.1) is 11.3 Å². The highest BCUT2D eigenvalue weighted by molar-refractivity contribution is 9.13. The third-order valence-electron chi connectivity index (χ3n) is 2.08. The van der Waals surface area contributed by atoms with E-state index in [1.807, 2.05) is 12.1 Å². The highest BCUT2D eigenvalue weighted by atomic mass is 79.9. The topological polar surface area (TPSA) is 12.0 Å². The molecule has 0 amide bonds. The molecule has 0 aliphatic rings. The number of benzene rings is 1. The van der Waals surface area contributed by atoms with E-state index in [0.717, 1.165) is 20.5 Å². The van der Waals surface area contributed by atoms with Crippen molar-refractivity contribution in [2.45, 2.75) is 6.54 Å². The highest BCUT2D eigenvalue weighted by Crippen LogP contribution is 2.33. The minimum Gasteiger partial charge on any atom is -0.379 e. The van der Waals surface area contributed by atoms with Crippen LogP contribution in [-0.2, 0) is 6.54 Å². The number of nitrogens with one attached hydrogen (secondary N) is 1. The van der Waals surface area contributed by atoms with Crippen LogP contribution in [-0.4, -0.2) is 0 Å². The fourth-order valence-electron chi connectivity index (χ4n) is 1.29. The van der Waals surface area contributed by atoms with Crippen molar-refractivity contribution in [3.05, 3.63) is 47.4 Å². The van der Waals surface area contributed by atoms with Gasteiger partial charge in [-0.05, 0) is 56.1 Å². The molecule has 1 nitrogen and oxygen atoms in total. The summed E-state index contributed by atoms with van der Waals surface area (Å²) in [5.74, 6) is 0. The van der Waals surface area contributed by atoms with Gasteiger partial charge >= 0.3 is 0 Å². The van der Waals surface area contributed by atoms with Gasteiger partial charge < -0.3 is 5.32 Å². The molecular formula is C11H7Br2Cl2NS. The van der Waals surface area contributed by atoms with Crippen LogP contribution in [0.3, 0.4) is 0 Å². The molecule has 1 aromatic heterocycles. The zero-order valence-electron chi connectivity index (χ0n) is 8.44. The van der Waals surface area contributed by atoms with Crippen molar-refractivity contribution in [1.29, 1.82) is 0 Å². The zero-order chi connectivity index (χ0) is 12.4. The third kappa shape index (κ3) is 3.61. The summed E-state index contributed by atoms with van der Waals surface area (Å²) in [5, 5.41) is 4.55. The van der Waals surface area contributed by atoms with Crippen molar-refractivity contribution in [2.75, 3.05) is 5.32 Å². The molecule has 6 heteroatoms. The molecule has 0 bridgehead atoms. The molecule has 0 saturated carbocycles. The maximum absolute atomic E-state index is 6.07. The molecular weight excluding hydrogens is 409 g/mol. The summed E-state index contributed by atoms with van der Waals surface area (Å²) in [7, 11) is 0. The van der Waals surface area contributed by atoms with Crippen LogP contribution in [0.1, 0.15) is 4.88 Å². The summed E-state index contributed by atoms with van der Waals surface area (Å²) >= 11 is 20.5. The molecule has 0 unspecified atom stereocenters. The lowest BCUT2D eigenvalue weighted by Crippen LogP contribution is -1.97. The summed E-state index contributed by atoms with van der Waals surface area (Å²) in [6, 6.07) is 7.50. The lowest BCUT2D eigenvalue weighted by Gasteiger charge is -2.07. The van der Waals surface area contributed by atoms with Crippen LogP contribution >= 0.6 is 66.4 Å². The molecule has 0 saturated heterocycles. The number of hydrogen-bond acceptors (Lipinski definition) is 2. The first kappa shape index (κ1) is 13.7. The number of hydrogen-bond donors (Lipinski definition) is 1. The summed E-state index contributed by atoms with van der Waals surface area (Å²) in [4.78, 5) is 1.22. The van der Waals surface area contributed by atoms with E-state index >= 15 is 0 Å². The Kier molecular flexibility index (Phi) is 4.78. The maximum Gasteiger partial charge on any atom is 0.0843 e. The number of anilines is 1. The molecule has 0 radical (unpaired) electrons. The molecule has 17 heavy (non-hydrogen) atoms. The fraction of sp³-hybridized carbons (Fsp3) is 0.0909. The highest BCUT2D eigenvalue weighted by Gasteiger charge is 2.05. The van der Waals surface area contributed by atoms with E-state index < -0.39 is 0 Å². The third-order valence-corrected chi connectivity index (χ3v) is 5.88. The van der Waals surface area contributed by atoms with Gasteiger partial charge in [-0.1, -0.05) is 23.2 Å². The molecule has 0 aliphatic carbocycles. The molecule has 1 heterocycles. The van der Waals surface area contributed by atoms with Gasteiger partial charge in [-0.2, -0.15) is 0 Å². The van der Waals surface area contributed by atoms with E-state index in [1.54, 1.807) is 17.4 Å². The van der Waals surface area contributed by atoms with Crippen LogP contribution in [0.4, 0.5) is 5.69 Å². The van der Waals surface area contributed by atoms with Crippen LogP contribution < -0.4 is 5.32 Å². The minimum atomic E-state index is 0.632. The standard InChI is InChI=1S/C11H7Br2Cl2NS/c12-8-4-7(17-11(8)13)5-16-10-2-1-6(14)3-9(10)15/h1-4,16H,5H2. The van der Waals surface area contributed by atoms with Crippen molar-refractivity contribution in [1.82, 2.24) is 0 Å². The predicted octanol–water partition coefficient (Wildman–Crippen LogP) is 6.19. The van der Waals surface area contributed by atoms with Gasteiger partial charge in [-0.3, -0.25) is 0 Å². The molecule has 0 fully saturated rings.